The molecule has 1 heterocycles. The predicted octanol–water partition coefficient (Wildman–Crippen LogP) is 2.80. The molecule has 1 amide bonds. The number of carbonyl (C=O) groups excluding carboxylic acids is 2. The predicted molar refractivity (Wildman–Crippen MR) is 90.2 cm³/mol. The van der Waals surface area contributed by atoms with E-state index in [0.717, 1.165) is 25.9 Å². The summed E-state index contributed by atoms with van der Waals surface area (Å²) in [6.07, 6.45) is 2.22. The Bertz CT molecular complexity index is 526. The van der Waals surface area contributed by atoms with E-state index < -0.39 is 0 Å². The van der Waals surface area contributed by atoms with Gasteiger partial charge in [0.1, 0.15) is 5.82 Å². The molecule has 1 atom stereocenters. The molecule has 0 aliphatic carbocycles. The summed E-state index contributed by atoms with van der Waals surface area (Å²) in [6, 6.07) is 5.59. The molecule has 2 rings (SSSR count). The largest absolute Gasteiger partial charge is 0.343 e. The molecule has 4 nitrogen and oxygen atoms in total. The molecule has 0 saturated carbocycles. The molecule has 1 aromatic rings. The van der Waals surface area contributed by atoms with Gasteiger partial charge in [-0.3, -0.25) is 9.59 Å². The van der Waals surface area contributed by atoms with Gasteiger partial charge in [0, 0.05) is 37.5 Å². The molecule has 6 heteroatoms. The van der Waals surface area contributed by atoms with E-state index in [1.807, 2.05) is 11.8 Å². The molecule has 1 fully saturated rings. The third-order valence-electron chi connectivity index (χ3n) is 4.37. The van der Waals surface area contributed by atoms with Crippen molar-refractivity contribution in [1.82, 2.24) is 4.90 Å². The van der Waals surface area contributed by atoms with Gasteiger partial charge >= 0.3 is 0 Å². The van der Waals surface area contributed by atoms with Crippen molar-refractivity contribution in [1.29, 1.82) is 0 Å². The zero-order chi connectivity index (χ0) is 16.1. The van der Waals surface area contributed by atoms with Gasteiger partial charge < -0.3 is 10.6 Å². The number of hydrogen-bond acceptors (Lipinski definition) is 3. The van der Waals surface area contributed by atoms with Crippen LogP contribution < -0.4 is 5.73 Å². The van der Waals surface area contributed by atoms with E-state index >= 15 is 0 Å². The number of ketones is 1. The molecule has 1 aliphatic rings. The Morgan fingerprint density at radius 3 is 2.30 bits per heavy atom. The van der Waals surface area contributed by atoms with Gasteiger partial charge in [-0.25, -0.2) is 4.39 Å². The van der Waals surface area contributed by atoms with Crippen LogP contribution in [0.4, 0.5) is 4.39 Å². The Morgan fingerprint density at radius 1 is 1.22 bits per heavy atom. The molecule has 0 radical (unpaired) electrons. The Balaban J connectivity index is 0.00000264. The smallest absolute Gasteiger partial charge is 0.223 e. The summed E-state index contributed by atoms with van der Waals surface area (Å²) in [5, 5.41) is 0. The van der Waals surface area contributed by atoms with Crippen LogP contribution in [0.3, 0.4) is 0 Å². The number of halogens is 2. The van der Waals surface area contributed by atoms with E-state index in [0.29, 0.717) is 11.5 Å². The van der Waals surface area contributed by atoms with Crippen molar-refractivity contribution in [3.63, 3.8) is 0 Å². The van der Waals surface area contributed by atoms with Crippen LogP contribution in [0.5, 0.6) is 0 Å². The van der Waals surface area contributed by atoms with Crippen molar-refractivity contribution in [2.75, 3.05) is 13.1 Å². The van der Waals surface area contributed by atoms with Gasteiger partial charge in [0.2, 0.25) is 5.91 Å². The van der Waals surface area contributed by atoms with Gasteiger partial charge in [0.05, 0.1) is 0 Å². The van der Waals surface area contributed by atoms with Gasteiger partial charge in [-0.15, -0.1) is 12.4 Å². The van der Waals surface area contributed by atoms with Crippen LogP contribution >= 0.6 is 12.4 Å². The number of rotatable bonds is 5. The SMILES string of the molecule is CC(N)C1CCN(C(=O)CCC(=O)c2ccc(F)cc2)CC1.Cl. The fraction of sp³-hybridized carbons (Fsp3) is 0.529. The number of amides is 1. The topological polar surface area (TPSA) is 63.4 Å². The van der Waals surface area contributed by atoms with Gasteiger partial charge in [-0.1, -0.05) is 0 Å². The maximum Gasteiger partial charge on any atom is 0.223 e. The lowest BCUT2D eigenvalue weighted by Crippen LogP contribution is -2.42. The quantitative estimate of drug-likeness (QED) is 0.837. The van der Waals surface area contributed by atoms with Gasteiger partial charge in [-0.05, 0) is 49.9 Å². The molecule has 128 valence electrons. The summed E-state index contributed by atoms with van der Waals surface area (Å²) in [5.41, 5.74) is 6.34. The van der Waals surface area contributed by atoms with E-state index in [1.54, 1.807) is 0 Å². The van der Waals surface area contributed by atoms with Crippen LogP contribution in [-0.4, -0.2) is 35.7 Å². The highest BCUT2D eigenvalue weighted by molar-refractivity contribution is 5.97. The fourth-order valence-electron chi connectivity index (χ4n) is 2.83. The molecular weight excluding hydrogens is 319 g/mol. The number of Topliss-reactive ketones (excluding diaryl/α,β-unsaturated/α-hetero) is 1. The highest BCUT2D eigenvalue weighted by Crippen LogP contribution is 2.20. The number of likely N-dealkylation sites (tertiary alicyclic amines) is 1. The Labute approximate surface area is 142 Å². The minimum Gasteiger partial charge on any atom is -0.343 e. The first kappa shape index (κ1) is 19.6. The number of nitrogens with zero attached hydrogens (tertiary/aromatic N) is 1. The van der Waals surface area contributed by atoms with Crippen molar-refractivity contribution in [2.45, 2.75) is 38.6 Å². The Hall–Kier alpha value is -1.46. The monoisotopic (exact) mass is 342 g/mol. The van der Waals surface area contributed by atoms with Crippen molar-refractivity contribution in [2.24, 2.45) is 11.7 Å². The zero-order valence-electron chi connectivity index (χ0n) is 13.3. The van der Waals surface area contributed by atoms with Gasteiger partial charge in [-0.2, -0.15) is 0 Å². The molecule has 1 unspecified atom stereocenters. The molecule has 0 spiro atoms. The summed E-state index contributed by atoms with van der Waals surface area (Å²) in [7, 11) is 0. The molecule has 2 N–H and O–H groups in total. The van der Waals surface area contributed by atoms with Crippen molar-refractivity contribution < 1.29 is 14.0 Å². The highest BCUT2D eigenvalue weighted by Gasteiger charge is 2.24. The first-order valence-electron chi connectivity index (χ1n) is 7.79. The summed E-state index contributed by atoms with van der Waals surface area (Å²) >= 11 is 0. The summed E-state index contributed by atoms with van der Waals surface area (Å²) in [4.78, 5) is 25.9. The number of nitrogens with two attached hydrogens (primary N) is 1. The molecular formula is C17H24ClFN2O2. The molecule has 1 aromatic carbocycles. The fourth-order valence-corrected chi connectivity index (χ4v) is 2.83. The molecule has 1 aliphatic heterocycles. The summed E-state index contributed by atoms with van der Waals surface area (Å²) in [5.74, 6) is -0.00747. The van der Waals surface area contributed by atoms with Crippen LogP contribution in [0.1, 0.15) is 43.0 Å². The van der Waals surface area contributed by atoms with E-state index in [1.165, 1.54) is 24.3 Å². The van der Waals surface area contributed by atoms with E-state index in [2.05, 4.69) is 0 Å². The lowest BCUT2D eigenvalue weighted by Gasteiger charge is -2.33. The van der Waals surface area contributed by atoms with Crippen molar-refractivity contribution in [3.8, 4) is 0 Å². The maximum absolute atomic E-state index is 12.8. The molecule has 23 heavy (non-hydrogen) atoms. The molecule has 1 saturated heterocycles. The van der Waals surface area contributed by atoms with E-state index in [9.17, 15) is 14.0 Å². The second kappa shape index (κ2) is 8.99. The maximum atomic E-state index is 12.8. The first-order valence-corrected chi connectivity index (χ1v) is 7.79. The molecule has 0 bridgehead atoms. The lowest BCUT2D eigenvalue weighted by molar-refractivity contribution is -0.132. The van der Waals surface area contributed by atoms with Crippen LogP contribution in [0, 0.1) is 11.7 Å². The van der Waals surface area contributed by atoms with Crippen molar-refractivity contribution in [3.05, 3.63) is 35.6 Å². The van der Waals surface area contributed by atoms with Crippen molar-refractivity contribution >= 4 is 24.1 Å². The zero-order valence-corrected chi connectivity index (χ0v) is 14.2. The van der Waals surface area contributed by atoms with Crippen LogP contribution in [0.15, 0.2) is 24.3 Å². The van der Waals surface area contributed by atoms with Gasteiger partial charge in [0.15, 0.2) is 5.78 Å². The minimum atomic E-state index is -0.371. The number of hydrogen-bond donors (Lipinski definition) is 1. The van der Waals surface area contributed by atoms with Crippen LogP contribution in [-0.2, 0) is 4.79 Å². The normalized spacial score (nSPS) is 16.6. The van der Waals surface area contributed by atoms with Crippen LogP contribution in [0.2, 0.25) is 0 Å². The van der Waals surface area contributed by atoms with E-state index in [4.69, 9.17) is 5.73 Å². The van der Waals surface area contributed by atoms with E-state index in [-0.39, 0.29) is 48.8 Å². The number of carbonyl (C=O) groups is 2. The third-order valence-corrected chi connectivity index (χ3v) is 4.37. The number of piperidine rings is 1. The summed E-state index contributed by atoms with van der Waals surface area (Å²) in [6.45, 7) is 3.44. The highest BCUT2D eigenvalue weighted by atomic mass is 35.5. The average molecular weight is 343 g/mol. The second-order valence-corrected chi connectivity index (χ2v) is 6.01. The molecule has 0 aromatic heterocycles. The minimum absolute atomic E-state index is 0. The average Bonchev–Trinajstić information content (AvgIpc) is 2.53. The van der Waals surface area contributed by atoms with Crippen LogP contribution in [0.25, 0.3) is 0 Å². The standard InChI is InChI=1S/C17H23FN2O2.ClH/c1-12(19)13-8-10-20(11-9-13)17(22)7-6-16(21)14-2-4-15(18)5-3-14;/h2-5,12-13H,6-11,19H2,1H3;1H. The third kappa shape index (κ3) is 5.59. The van der Waals surface area contributed by atoms with Gasteiger partial charge in [0.25, 0.3) is 0 Å². The Kier molecular flexibility index (Phi) is 7.65. The second-order valence-electron chi connectivity index (χ2n) is 6.01. The lowest BCUT2D eigenvalue weighted by atomic mass is 9.91. The number of benzene rings is 1. The Morgan fingerprint density at radius 2 is 1.78 bits per heavy atom. The first-order chi connectivity index (χ1) is 10.5. The summed E-state index contributed by atoms with van der Waals surface area (Å²) < 4.78 is 12.8.